The smallest absolute Gasteiger partial charge is 0.189 e. The normalized spacial score (nSPS) is 12.6. The van der Waals surface area contributed by atoms with E-state index in [-0.39, 0.29) is 5.78 Å². The van der Waals surface area contributed by atoms with E-state index in [1.165, 1.54) is 6.08 Å². The van der Waals surface area contributed by atoms with Crippen LogP contribution in [0.5, 0.6) is 23.0 Å². The van der Waals surface area contributed by atoms with Crippen molar-refractivity contribution >= 4 is 23.6 Å². The summed E-state index contributed by atoms with van der Waals surface area (Å²) in [6.45, 7) is 0. The maximum absolute atomic E-state index is 12.6. The molecular formula is C19H18O5S. The Bertz CT molecular complexity index is 829. The first kappa shape index (κ1) is 17.2. The number of ether oxygens (including phenoxy) is 4. The third-order valence-corrected chi connectivity index (χ3v) is 4.66. The standard InChI is InChI=1S/C19H18O5S/c1-21-15-7-5-12(8-17(15)23-3)4-6-14(20)13-9-19-18(24-11-25-19)10-16(13)22-2/h4-10H,11H2,1-3H3/b6-4+. The van der Waals surface area contributed by atoms with Crippen LogP contribution >= 0.6 is 11.8 Å². The predicted molar refractivity (Wildman–Crippen MR) is 97.3 cm³/mol. The second kappa shape index (κ2) is 7.53. The molecule has 0 amide bonds. The lowest BCUT2D eigenvalue weighted by molar-refractivity contribution is 0.104. The van der Waals surface area contributed by atoms with Crippen molar-refractivity contribution in [3.05, 3.63) is 47.5 Å². The zero-order chi connectivity index (χ0) is 17.8. The number of thioether (sulfide) groups is 1. The first-order valence-corrected chi connectivity index (χ1v) is 8.57. The van der Waals surface area contributed by atoms with Gasteiger partial charge in [-0.05, 0) is 29.8 Å². The number of methoxy groups -OCH3 is 3. The minimum atomic E-state index is -0.137. The molecule has 0 fully saturated rings. The predicted octanol–water partition coefficient (Wildman–Crippen LogP) is 4.05. The van der Waals surface area contributed by atoms with E-state index in [9.17, 15) is 4.79 Å². The molecule has 1 aliphatic rings. The number of hydrogen-bond donors (Lipinski definition) is 0. The minimum absolute atomic E-state index is 0.137. The molecule has 0 aromatic heterocycles. The SMILES string of the molecule is COc1ccc(/C=C/C(=O)c2cc3c(cc2OC)OCS3)cc1OC. The third kappa shape index (κ3) is 3.58. The molecule has 25 heavy (non-hydrogen) atoms. The third-order valence-electron chi connectivity index (χ3n) is 3.79. The van der Waals surface area contributed by atoms with Crippen molar-refractivity contribution < 1.29 is 23.7 Å². The summed E-state index contributed by atoms with van der Waals surface area (Å²) in [5.74, 6) is 2.92. The van der Waals surface area contributed by atoms with Gasteiger partial charge >= 0.3 is 0 Å². The van der Waals surface area contributed by atoms with E-state index in [2.05, 4.69) is 0 Å². The zero-order valence-electron chi connectivity index (χ0n) is 14.2. The van der Waals surface area contributed by atoms with Gasteiger partial charge in [0.25, 0.3) is 0 Å². The van der Waals surface area contributed by atoms with Gasteiger partial charge in [0.15, 0.2) is 17.3 Å². The van der Waals surface area contributed by atoms with Crippen molar-refractivity contribution in [3.8, 4) is 23.0 Å². The quantitative estimate of drug-likeness (QED) is 0.574. The average molecular weight is 358 g/mol. The minimum Gasteiger partial charge on any atom is -0.496 e. The van der Waals surface area contributed by atoms with Gasteiger partial charge in [0.1, 0.15) is 17.4 Å². The highest BCUT2D eigenvalue weighted by Gasteiger charge is 2.19. The van der Waals surface area contributed by atoms with Crippen LogP contribution in [0.2, 0.25) is 0 Å². The molecule has 6 heteroatoms. The topological polar surface area (TPSA) is 54.0 Å². The molecule has 0 saturated carbocycles. The molecule has 5 nitrogen and oxygen atoms in total. The maximum Gasteiger partial charge on any atom is 0.189 e. The van der Waals surface area contributed by atoms with E-state index in [0.717, 1.165) is 16.2 Å². The van der Waals surface area contributed by atoms with E-state index >= 15 is 0 Å². The molecule has 2 aromatic carbocycles. The first-order chi connectivity index (χ1) is 12.2. The van der Waals surface area contributed by atoms with Crippen LogP contribution in [0.1, 0.15) is 15.9 Å². The Kier molecular flexibility index (Phi) is 5.19. The van der Waals surface area contributed by atoms with Crippen molar-refractivity contribution in [2.24, 2.45) is 0 Å². The van der Waals surface area contributed by atoms with Crippen molar-refractivity contribution in [1.82, 2.24) is 0 Å². The van der Waals surface area contributed by atoms with E-state index in [1.54, 1.807) is 51.3 Å². The fourth-order valence-corrected chi connectivity index (χ4v) is 3.28. The molecule has 130 valence electrons. The summed E-state index contributed by atoms with van der Waals surface area (Å²) in [6.07, 6.45) is 3.26. The van der Waals surface area contributed by atoms with Gasteiger partial charge in [-0.3, -0.25) is 4.79 Å². The molecule has 1 aliphatic heterocycles. The highest BCUT2D eigenvalue weighted by Crippen LogP contribution is 2.40. The van der Waals surface area contributed by atoms with Crippen LogP contribution in [0, 0.1) is 0 Å². The van der Waals surface area contributed by atoms with Crippen molar-refractivity contribution in [3.63, 3.8) is 0 Å². The van der Waals surface area contributed by atoms with Crippen LogP contribution in [0.3, 0.4) is 0 Å². The summed E-state index contributed by atoms with van der Waals surface area (Å²) in [7, 11) is 4.70. The van der Waals surface area contributed by atoms with Gasteiger partial charge in [0.05, 0.1) is 31.8 Å². The van der Waals surface area contributed by atoms with Crippen LogP contribution in [-0.4, -0.2) is 33.1 Å². The number of ketones is 1. The number of carbonyl (C=O) groups is 1. The largest absolute Gasteiger partial charge is 0.496 e. The highest BCUT2D eigenvalue weighted by molar-refractivity contribution is 7.99. The monoisotopic (exact) mass is 358 g/mol. The molecule has 0 aliphatic carbocycles. The second-order valence-electron chi connectivity index (χ2n) is 5.22. The molecule has 0 bridgehead atoms. The van der Waals surface area contributed by atoms with Gasteiger partial charge in [-0.25, -0.2) is 0 Å². The van der Waals surface area contributed by atoms with E-state index in [4.69, 9.17) is 18.9 Å². The summed E-state index contributed by atoms with van der Waals surface area (Å²) in [5, 5.41) is 0. The molecular weight excluding hydrogens is 340 g/mol. The Hall–Kier alpha value is -2.60. The molecule has 0 N–H and O–H groups in total. The van der Waals surface area contributed by atoms with Crippen LogP contribution in [0.4, 0.5) is 0 Å². The summed E-state index contributed by atoms with van der Waals surface area (Å²) in [5.41, 5.74) is 1.35. The first-order valence-electron chi connectivity index (χ1n) is 7.58. The van der Waals surface area contributed by atoms with Gasteiger partial charge in [-0.15, -0.1) is 0 Å². The lowest BCUT2D eigenvalue weighted by Gasteiger charge is -2.08. The molecule has 3 rings (SSSR count). The van der Waals surface area contributed by atoms with Gasteiger partial charge in [0, 0.05) is 6.07 Å². The number of benzene rings is 2. The molecule has 0 radical (unpaired) electrons. The number of allylic oxidation sites excluding steroid dienone is 1. The molecule has 0 saturated heterocycles. The van der Waals surface area contributed by atoms with Crippen molar-refractivity contribution in [2.75, 3.05) is 27.3 Å². The van der Waals surface area contributed by atoms with Crippen LogP contribution in [0.15, 0.2) is 41.3 Å². The average Bonchev–Trinajstić information content (AvgIpc) is 3.12. The Labute approximate surface area is 150 Å². The molecule has 2 aromatic rings. The Morgan fingerprint density at radius 1 is 1.04 bits per heavy atom. The van der Waals surface area contributed by atoms with Crippen LogP contribution in [-0.2, 0) is 0 Å². The highest BCUT2D eigenvalue weighted by atomic mass is 32.2. The summed E-state index contributed by atoms with van der Waals surface area (Å²) in [6, 6.07) is 9.04. The molecule has 1 heterocycles. The van der Waals surface area contributed by atoms with Gasteiger partial charge in [0.2, 0.25) is 0 Å². The fourth-order valence-electron chi connectivity index (χ4n) is 2.50. The van der Waals surface area contributed by atoms with E-state index in [1.807, 2.05) is 18.2 Å². The Morgan fingerprint density at radius 2 is 1.80 bits per heavy atom. The lowest BCUT2D eigenvalue weighted by Crippen LogP contribution is -1.99. The molecule has 0 unspecified atom stereocenters. The van der Waals surface area contributed by atoms with Crippen LogP contribution < -0.4 is 18.9 Å². The number of rotatable bonds is 6. The summed E-state index contributed by atoms with van der Waals surface area (Å²) in [4.78, 5) is 13.6. The second-order valence-corrected chi connectivity index (χ2v) is 6.18. The maximum atomic E-state index is 12.6. The van der Waals surface area contributed by atoms with Crippen LogP contribution in [0.25, 0.3) is 6.08 Å². The Morgan fingerprint density at radius 3 is 2.52 bits per heavy atom. The van der Waals surface area contributed by atoms with Gasteiger partial charge in [-0.1, -0.05) is 23.9 Å². The van der Waals surface area contributed by atoms with Crippen molar-refractivity contribution in [1.29, 1.82) is 0 Å². The summed E-state index contributed by atoms with van der Waals surface area (Å²) >= 11 is 1.56. The summed E-state index contributed by atoms with van der Waals surface area (Å²) < 4.78 is 21.3. The van der Waals surface area contributed by atoms with E-state index < -0.39 is 0 Å². The van der Waals surface area contributed by atoms with Gasteiger partial charge < -0.3 is 18.9 Å². The van der Waals surface area contributed by atoms with Crippen molar-refractivity contribution in [2.45, 2.75) is 4.90 Å². The molecule has 0 spiro atoms. The number of hydrogen-bond acceptors (Lipinski definition) is 6. The lowest BCUT2D eigenvalue weighted by atomic mass is 10.1. The Balaban J connectivity index is 1.86. The fraction of sp³-hybridized carbons (Fsp3) is 0.211. The number of carbonyl (C=O) groups excluding carboxylic acids is 1. The van der Waals surface area contributed by atoms with Gasteiger partial charge in [-0.2, -0.15) is 0 Å². The molecule has 0 atom stereocenters. The zero-order valence-corrected chi connectivity index (χ0v) is 15.0. The van der Waals surface area contributed by atoms with E-state index in [0.29, 0.717) is 28.8 Å². The number of fused-ring (bicyclic) bond motifs is 1.